The second-order valence-corrected chi connectivity index (χ2v) is 5.78. The first-order valence-electron chi connectivity index (χ1n) is 8.10. The predicted molar refractivity (Wildman–Crippen MR) is 95.8 cm³/mol. The molecule has 0 saturated carbocycles. The first-order valence-corrected chi connectivity index (χ1v) is 8.10. The molecule has 2 aromatic heterocycles. The highest BCUT2D eigenvalue weighted by Crippen LogP contribution is 2.17. The summed E-state index contributed by atoms with van der Waals surface area (Å²) >= 11 is 0. The Balaban J connectivity index is 1.62. The Hall–Kier alpha value is -2.86. The molecule has 0 aliphatic rings. The molecule has 0 atom stereocenters. The van der Waals surface area contributed by atoms with Crippen LogP contribution in [0.15, 0.2) is 42.6 Å². The number of ether oxygens (including phenoxy) is 2. The van der Waals surface area contributed by atoms with Crippen molar-refractivity contribution in [1.82, 2.24) is 15.3 Å². The summed E-state index contributed by atoms with van der Waals surface area (Å²) in [6, 6.07) is 11.5. The molecular weight excluding hydrogens is 318 g/mol. The number of rotatable bonds is 7. The monoisotopic (exact) mass is 339 g/mol. The zero-order chi connectivity index (χ0) is 17.6. The van der Waals surface area contributed by atoms with Crippen LogP contribution in [0, 0.1) is 6.92 Å². The van der Waals surface area contributed by atoms with Crippen molar-refractivity contribution in [3.63, 3.8) is 0 Å². The highest BCUT2D eigenvalue weighted by Gasteiger charge is 2.08. The summed E-state index contributed by atoms with van der Waals surface area (Å²) in [5, 5.41) is 4.06. The van der Waals surface area contributed by atoms with E-state index < -0.39 is 0 Å². The van der Waals surface area contributed by atoms with E-state index in [1.807, 2.05) is 19.1 Å². The van der Waals surface area contributed by atoms with Gasteiger partial charge in [0.15, 0.2) is 0 Å². The van der Waals surface area contributed by atoms with Crippen molar-refractivity contribution >= 4 is 16.8 Å². The molecule has 0 radical (unpaired) electrons. The Morgan fingerprint density at radius 1 is 1.20 bits per heavy atom. The molecule has 0 spiro atoms. The van der Waals surface area contributed by atoms with E-state index in [2.05, 4.69) is 27.4 Å². The number of pyridine rings is 1. The number of aromatic nitrogens is 2. The first-order chi connectivity index (χ1) is 12.2. The second kappa shape index (κ2) is 7.81. The third-order valence-corrected chi connectivity index (χ3v) is 3.81. The Bertz CT molecular complexity index is 873. The summed E-state index contributed by atoms with van der Waals surface area (Å²) in [6.45, 7) is 3.35. The van der Waals surface area contributed by atoms with Gasteiger partial charge in [-0.05, 0) is 42.1 Å². The van der Waals surface area contributed by atoms with Gasteiger partial charge in [-0.25, -0.2) is 4.98 Å². The van der Waals surface area contributed by atoms with Crippen molar-refractivity contribution in [2.75, 3.05) is 20.3 Å². The number of hydrogen-bond donors (Lipinski definition) is 2. The lowest BCUT2D eigenvalue weighted by molar-refractivity contribution is 0.0950. The van der Waals surface area contributed by atoms with E-state index in [1.165, 1.54) is 0 Å². The molecule has 6 heteroatoms. The van der Waals surface area contributed by atoms with Gasteiger partial charge in [0, 0.05) is 42.7 Å². The topological polar surface area (TPSA) is 76.2 Å². The minimum absolute atomic E-state index is 0.163. The number of methoxy groups -OCH3 is 1. The van der Waals surface area contributed by atoms with Crippen LogP contribution >= 0.6 is 0 Å². The number of benzene rings is 1. The van der Waals surface area contributed by atoms with E-state index in [0.29, 0.717) is 31.2 Å². The summed E-state index contributed by atoms with van der Waals surface area (Å²) in [6.07, 6.45) is 1.56. The number of amides is 1. The fourth-order valence-electron chi connectivity index (χ4n) is 2.58. The van der Waals surface area contributed by atoms with Gasteiger partial charge in [0.1, 0.15) is 6.61 Å². The van der Waals surface area contributed by atoms with Crippen LogP contribution in [0.1, 0.15) is 21.6 Å². The fraction of sp³-hybridized carbons (Fsp3) is 0.263. The smallest absolute Gasteiger partial charge is 0.251 e. The summed E-state index contributed by atoms with van der Waals surface area (Å²) in [5.41, 5.74) is 3.78. The van der Waals surface area contributed by atoms with E-state index in [9.17, 15) is 4.79 Å². The van der Waals surface area contributed by atoms with Crippen LogP contribution < -0.4 is 10.1 Å². The quantitative estimate of drug-likeness (QED) is 0.649. The van der Waals surface area contributed by atoms with Gasteiger partial charge in [0.25, 0.3) is 5.91 Å². The summed E-state index contributed by atoms with van der Waals surface area (Å²) in [7, 11) is 1.60. The van der Waals surface area contributed by atoms with Gasteiger partial charge < -0.3 is 19.8 Å². The van der Waals surface area contributed by atoms with Crippen molar-refractivity contribution in [3.05, 3.63) is 59.4 Å². The molecule has 0 fully saturated rings. The average molecular weight is 339 g/mol. The van der Waals surface area contributed by atoms with Gasteiger partial charge in [0.05, 0.1) is 6.61 Å². The number of hydrogen-bond acceptors (Lipinski definition) is 4. The third-order valence-electron chi connectivity index (χ3n) is 3.81. The molecule has 0 aliphatic heterocycles. The third kappa shape index (κ3) is 4.36. The van der Waals surface area contributed by atoms with Gasteiger partial charge in [0.2, 0.25) is 5.88 Å². The maximum Gasteiger partial charge on any atom is 0.251 e. The summed E-state index contributed by atoms with van der Waals surface area (Å²) in [4.78, 5) is 19.7. The molecule has 2 N–H and O–H groups in total. The minimum Gasteiger partial charge on any atom is -0.475 e. The maximum atomic E-state index is 12.3. The number of nitrogens with zero attached hydrogens (tertiary/aromatic N) is 1. The van der Waals surface area contributed by atoms with Gasteiger partial charge >= 0.3 is 0 Å². The number of H-pyrrole nitrogens is 1. The zero-order valence-corrected chi connectivity index (χ0v) is 14.3. The molecule has 1 amide bonds. The molecule has 0 aliphatic carbocycles. The molecule has 2 heterocycles. The van der Waals surface area contributed by atoms with Gasteiger partial charge in [-0.15, -0.1) is 0 Å². The number of fused-ring (bicyclic) bond motifs is 1. The Labute approximate surface area is 146 Å². The number of carbonyl (C=O) groups is 1. The van der Waals surface area contributed by atoms with Crippen LogP contribution in [-0.4, -0.2) is 36.2 Å². The summed E-state index contributed by atoms with van der Waals surface area (Å²) < 4.78 is 10.4. The molecule has 3 rings (SSSR count). The molecule has 0 unspecified atom stereocenters. The maximum absolute atomic E-state index is 12.3. The SMILES string of the molecule is COCCOc1cc(C(=O)NCc2ccc3[nH]c(C)cc3c2)ccn1. The van der Waals surface area contributed by atoms with E-state index in [0.717, 1.165) is 22.2 Å². The zero-order valence-electron chi connectivity index (χ0n) is 14.3. The number of aryl methyl sites for hydroxylation is 1. The Morgan fingerprint density at radius 2 is 2.08 bits per heavy atom. The number of carbonyl (C=O) groups excluding carboxylic acids is 1. The molecule has 6 nitrogen and oxygen atoms in total. The molecule has 1 aromatic carbocycles. The van der Waals surface area contributed by atoms with Crippen LogP contribution in [0.5, 0.6) is 5.88 Å². The largest absolute Gasteiger partial charge is 0.475 e. The minimum atomic E-state index is -0.163. The summed E-state index contributed by atoms with van der Waals surface area (Å²) in [5.74, 6) is 0.248. The lowest BCUT2D eigenvalue weighted by atomic mass is 10.1. The molecule has 25 heavy (non-hydrogen) atoms. The van der Waals surface area contributed by atoms with Gasteiger partial charge in [-0.3, -0.25) is 4.79 Å². The van der Waals surface area contributed by atoms with Crippen LogP contribution in [-0.2, 0) is 11.3 Å². The Morgan fingerprint density at radius 3 is 2.92 bits per heavy atom. The molecular formula is C19H21N3O3. The molecule has 0 saturated heterocycles. The fourth-order valence-corrected chi connectivity index (χ4v) is 2.58. The lowest BCUT2D eigenvalue weighted by Gasteiger charge is -2.08. The van der Waals surface area contributed by atoms with Crippen molar-refractivity contribution in [2.24, 2.45) is 0 Å². The van der Waals surface area contributed by atoms with Crippen LogP contribution in [0.4, 0.5) is 0 Å². The molecule has 0 bridgehead atoms. The van der Waals surface area contributed by atoms with Crippen molar-refractivity contribution in [3.8, 4) is 5.88 Å². The highest BCUT2D eigenvalue weighted by atomic mass is 16.5. The Kier molecular flexibility index (Phi) is 5.30. The predicted octanol–water partition coefficient (Wildman–Crippen LogP) is 2.83. The molecule has 130 valence electrons. The van der Waals surface area contributed by atoms with E-state index in [1.54, 1.807) is 25.4 Å². The van der Waals surface area contributed by atoms with Gasteiger partial charge in [-0.1, -0.05) is 6.07 Å². The normalized spacial score (nSPS) is 10.8. The second-order valence-electron chi connectivity index (χ2n) is 5.78. The standard InChI is InChI=1S/C19H21N3O3/c1-13-9-16-10-14(3-4-17(16)22-13)12-21-19(23)15-5-6-20-18(11-15)25-8-7-24-2/h3-6,9-11,22H,7-8,12H2,1-2H3,(H,21,23). The highest BCUT2D eigenvalue weighted by molar-refractivity contribution is 5.94. The van der Waals surface area contributed by atoms with Crippen molar-refractivity contribution in [2.45, 2.75) is 13.5 Å². The van der Waals surface area contributed by atoms with Gasteiger partial charge in [-0.2, -0.15) is 0 Å². The van der Waals surface area contributed by atoms with E-state index >= 15 is 0 Å². The van der Waals surface area contributed by atoms with Crippen LogP contribution in [0.2, 0.25) is 0 Å². The first kappa shape index (κ1) is 17.0. The van der Waals surface area contributed by atoms with Crippen molar-refractivity contribution in [1.29, 1.82) is 0 Å². The molecule has 3 aromatic rings. The van der Waals surface area contributed by atoms with Crippen LogP contribution in [0.25, 0.3) is 10.9 Å². The average Bonchev–Trinajstić information content (AvgIpc) is 2.99. The van der Waals surface area contributed by atoms with Crippen molar-refractivity contribution < 1.29 is 14.3 Å². The number of aromatic amines is 1. The van der Waals surface area contributed by atoms with E-state index in [4.69, 9.17) is 9.47 Å². The lowest BCUT2D eigenvalue weighted by Crippen LogP contribution is -2.22. The van der Waals surface area contributed by atoms with Crippen LogP contribution in [0.3, 0.4) is 0 Å². The van der Waals surface area contributed by atoms with E-state index in [-0.39, 0.29) is 5.91 Å². The number of nitrogens with one attached hydrogen (secondary N) is 2.